The fraction of sp³-hybridized carbons (Fsp3) is 0.276. The molecule has 0 atom stereocenters. The van der Waals surface area contributed by atoms with Crippen LogP contribution < -0.4 is 10.2 Å². The summed E-state index contributed by atoms with van der Waals surface area (Å²) in [5.74, 6) is -2.81. The Morgan fingerprint density at radius 1 is 0.816 bits per heavy atom. The van der Waals surface area contributed by atoms with Gasteiger partial charge in [0.2, 0.25) is 0 Å². The SMILES string of the molecule is O=C(CNC(=O)C(F)(F)F)c1ccc(CN(C(=O)N2CCCCC2)c2cccc(-c3ccccc3)c2)cc1. The number of nitrogens with zero attached hydrogens (tertiary/aromatic N) is 2. The Labute approximate surface area is 219 Å². The maximum Gasteiger partial charge on any atom is 0.471 e. The Morgan fingerprint density at radius 2 is 1.47 bits per heavy atom. The number of likely N-dealkylation sites (tertiary alicyclic amines) is 1. The van der Waals surface area contributed by atoms with Crippen LogP contribution in [0.2, 0.25) is 0 Å². The molecule has 38 heavy (non-hydrogen) atoms. The van der Waals surface area contributed by atoms with Gasteiger partial charge in [0.1, 0.15) is 0 Å². The maximum atomic E-state index is 13.6. The van der Waals surface area contributed by atoms with E-state index in [0.717, 1.165) is 41.6 Å². The summed E-state index contributed by atoms with van der Waals surface area (Å²) in [5, 5.41) is 1.59. The number of nitrogens with one attached hydrogen (secondary N) is 1. The largest absolute Gasteiger partial charge is 0.471 e. The number of piperidine rings is 1. The number of benzene rings is 3. The second kappa shape index (κ2) is 11.9. The smallest absolute Gasteiger partial charge is 0.341 e. The molecule has 0 aromatic heterocycles. The zero-order valence-corrected chi connectivity index (χ0v) is 20.7. The number of ketones is 1. The molecule has 4 rings (SSSR count). The minimum atomic E-state index is -5.05. The molecule has 3 aromatic rings. The molecule has 0 spiro atoms. The molecular formula is C29H28F3N3O3. The van der Waals surface area contributed by atoms with Gasteiger partial charge in [-0.2, -0.15) is 13.2 Å². The number of amides is 3. The number of Topliss-reactive ketones (excluding diaryl/α,β-unsaturated/α-hetero) is 1. The molecule has 6 nitrogen and oxygen atoms in total. The number of urea groups is 1. The molecule has 1 aliphatic rings. The summed E-state index contributed by atoms with van der Waals surface area (Å²) in [4.78, 5) is 40.4. The van der Waals surface area contributed by atoms with Crippen LogP contribution in [0.1, 0.15) is 35.2 Å². The van der Waals surface area contributed by atoms with E-state index in [0.29, 0.717) is 13.1 Å². The molecule has 0 radical (unpaired) electrons. The first kappa shape index (κ1) is 26.9. The summed E-state index contributed by atoms with van der Waals surface area (Å²) in [5.41, 5.74) is 3.64. The van der Waals surface area contributed by atoms with E-state index < -0.39 is 24.4 Å². The van der Waals surface area contributed by atoms with Gasteiger partial charge >= 0.3 is 18.1 Å². The fourth-order valence-electron chi connectivity index (χ4n) is 4.35. The summed E-state index contributed by atoms with van der Waals surface area (Å²) in [6.45, 7) is 0.853. The van der Waals surface area contributed by atoms with Gasteiger partial charge < -0.3 is 10.2 Å². The first-order valence-corrected chi connectivity index (χ1v) is 12.4. The van der Waals surface area contributed by atoms with Crippen LogP contribution in [0.25, 0.3) is 11.1 Å². The van der Waals surface area contributed by atoms with Crippen molar-refractivity contribution in [2.45, 2.75) is 32.0 Å². The highest BCUT2D eigenvalue weighted by Crippen LogP contribution is 2.27. The summed E-state index contributed by atoms with van der Waals surface area (Å²) in [6, 6.07) is 23.8. The van der Waals surface area contributed by atoms with Gasteiger partial charge in [-0.15, -0.1) is 0 Å². The summed E-state index contributed by atoms with van der Waals surface area (Å²) >= 11 is 0. The van der Waals surface area contributed by atoms with Crippen molar-refractivity contribution in [3.8, 4) is 11.1 Å². The third kappa shape index (κ3) is 6.79. The van der Waals surface area contributed by atoms with Crippen molar-refractivity contribution in [1.29, 1.82) is 0 Å². The number of hydrogen-bond acceptors (Lipinski definition) is 3. The van der Waals surface area contributed by atoms with Gasteiger partial charge in [0.25, 0.3) is 0 Å². The Morgan fingerprint density at radius 3 is 2.13 bits per heavy atom. The minimum absolute atomic E-state index is 0.107. The van der Waals surface area contributed by atoms with Gasteiger partial charge in [-0.25, -0.2) is 4.79 Å². The van der Waals surface area contributed by atoms with E-state index in [2.05, 4.69) is 0 Å². The summed E-state index contributed by atoms with van der Waals surface area (Å²) < 4.78 is 37.1. The van der Waals surface area contributed by atoms with Crippen LogP contribution in [0.5, 0.6) is 0 Å². The van der Waals surface area contributed by atoms with E-state index >= 15 is 0 Å². The topological polar surface area (TPSA) is 69.7 Å². The monoisotopic (exact) mass is 523 g/mol. The van der Waals surface area contributed by atoms with E-state index in [-0.39, 0.29) is 18.1 Å². The molecule has 1 saturated heterocycles. The van der Waals surface area contributed by atoms with E-state index in [4.69, 9.17) is 0 Å². The van der Waals surface area contributed by atoms with Gasteiger partial charge in [-0.1, -0.05) is 66.7 Å². The minimum Gasteiger partial charge on any atom is -0.341 e. The molecule has 0 aliphatic carbocycles. The molecule has 198 valence electrons. The van der Waals surface area contributed by atoms with E-state index in [1.54, 1.807) is 22.3 Å². The Hall–Kier alpha value is -4.14. The summed E-state index contributed by atoms with van der Waals surface area (Å²) in [7, 11) is 0. The average Bonchev–Trinajstić information content (AvgIpc) is 2.95. The fourth-order valence-corrected chi connectivity index (χ4v) is 4.35. The number of hydrogen-bond donors (Lipinski definition) is 1. The lowest BCUT2D eigenvalue weighted by Crippen LogP contribution is -2.45. The lowest BCUT2D eigenvalue weighted by molar-refractivity contribution is -0.173. The highest BCUT2D eigenvalue weighted by Gasteiger charge is 2.38. The highest BCUT2D eigenvalue weighted by atomic mass is 19.4. The molecule has 1 N–H and O–H groups in total. The predicted molar refractivity (Wildman–Crippen MR) is 139 cm³/mol. The molecule has 9 heteroatoms. The van der Waals surface area contributed by atoms with Crippen LogP contribution in [0.3, 0.4) is 0 Å². The second-order valence-electron chi connectivity index (χ2n) is 9.13. The number of alkyl halides is 3. The number of carbonyl (C=O) groups is 3. The molecule has 1 heterocycles. The number of rotatable bonds is 7. The Kier molecular flexibility index (Phi) is 8.45. The molecule has 1 fully saturated rings. The third-order valence-electron chi connectivity index (χ3n) is 6.41. The van der Waals surface area contributed by atoms with Crippen LogP contribution in [0.15, 0.2) is 78.9 Å². The van der Waals surface area contributed by atoms with Gasteiger partial charge in [-0.05, 0) is 48.1 Å². The highest BCUT2D eigenvalue weighted by molar-refractivity contribution is 6.00. The number of halogens is 3. The molecule has 3 aromatic carbocycles. The van der Waals surface area contributed by atoms with Gasteiger partial charge in [0, 0.05) is 24.3 Å². The van der Waals surface area contributed by atoms with Gasteiger partial charge in [0.05, 0.1) is 13.1 Å². The maximum absolute atomic E-state index is 13.6. The quantitative estimate of drug-likeness (QED) is 0.397. The lowest BCUT2D eigenvalue weighted by Gasteiger charge is -2.33. The van der Waals surface area contributed by atoms with Gasteiger partial charge in [0.15, 0.2) is 5.78 Å². The van der Waals surface area contributed by atoms with Crippen molar-refractivity contribution in [3.63, 3.8) is 0 Å². The van der Waals surface area contributed by atoms with Gasteiger partial charge in [-0.3, -0.25) is 14.5 Å². The third-order valence-corrected chi connectivity index (χ3v) is 6.41. The van der Waals surface area contributed by atoms with Crippen molar-refractivity contribution >= 4 is 23.4 Å². The van der Waals surface area contributed by atoms with Crippen molar-refractivity contribution in [1.82, 2.24) is 10.2 Å². The first-order valence-electron chi connectivity index (χ1n) is 12.4. The standard InChI is InChI=1S/C29H28F3N3O3/c30-29(31,32)27(37)33-19-26(36)23-14-12-21(13-15-23)20-35(28(38)34-16-5-2-6-17-34)25-11-7-10-24(18-25)22-8-3-1-4-9-22/h1,3-4,7-15,18H,2,5-6,16-17,19-20H2,(H,33,37). The second-order valence-corrected chi connectivity index (χ2v) is 9.13. The average molecular weight is 524 g/mol. The predicted octanol–water partition coefficient (Wildman–Crippen LogP) is 5.83. The number of anilines is 1. The molecule has 0 unspecified atom stereocenters. The zero-order valence-electron chi connectivity index (χ0n) is 20.7. The van der Waals surface area contributed by atoms with E-state index in [1.165, 1.54) is 12.1 Å². The van der Waals surface area contributed by atoms with Crippen LogP contribution >= 0.6 is 0 Å². The van der Waals surface area contributed by atoms with E-state index in [9.17, 15) is 27.6 Å². The lowest BCUT2D eigenvalue weighted by atomic mass is 10.0. The summed E-state index contributed by atoms with van der Waals surface area (Å²) in [6.07, 6.45) is -2.06. The van der Waals surface area contributed by atoms with Crippen LogP contribution in [-0.2, 0) is 11.3 Å². The molecular weight excluding hydrogens is 495 g/mol. The molecule has 1 aliphatic heterocycles. The molecule has 3 amide bonds. The number of carbonyl (C=O) groups excluding carboxylic acids is 3. The normalized spacial score (nSPS) is 13.6. The molecule has 0 bridgehead atoms. The molecule has 0 saturated carbocycles. The van der Waals surface area contributed by atoms with E-state index in [1.807, 2.05) is 59.5 Å². The van der Waals surface area contributed by atoms with Crippen molar-refractivity contribution < 1.29 is 27.6 Å². The van der Waals surface area contributed by atoms with Crippen molar-refractivity contribution in [2.24, 2.45) is 0 Å². The zero-order chi connectivity index (χ0) is 27.1. The van der Waals surface area contributed by atoms with Crippen LogP contribution in [0.4, 0.5) is 23.7 Å². The first-order chi connectivity index (χ1) is 18.2. The van der Waals surface area contributed by atoms with Crippen LogP contribution in [-0.4, -0.2) is 48.4 Å². The van der Waals surface area contributed by atoms with Crippen molar-refractivity contribution in [3.05, 3.63) is 90.0 Å². The Bertz CT molecular complexity index is 1270. The van der Waals surface area contributed by atoms with Crippen molar-refractivity contribution in [2.75, 3.05) is 24.5 Å². The van der Waals surface area contributed by atoms with Crippen LogP contribution in [0, 0.1) is 0 Å². The Balaban J connectivity index is 1.54.